The zero-order valence-electron chi connectivity index (χ0n) is 36.2. The first-order valence-corrected chi connectivity index (χ1v) is 23.8. The van der Waals surface area contributed by atoms with Crippen molar-refractivity contribution in [1.82, 2.24) is 0 Å². The summed E-state index contributed by atoms with van der Waals surface area (Å²) < 4.78 is 21.8. The van der Waals surface area contributed by atoms with E-state index < -0.39 is 7.94 Å². The van der Waals surface area contributed by atoms with Crippen molar-refractivity contribution in [3.8, 4) is 5.75 Å². The third-order valence-corrected chi connectivity index (χ3v) is 13.3. The molecule has 0 aliphatic carbocycles. The van der Waals surface area contributed by atoms with Crippen molar-refractivity contribution in [2.24, 2.45) is 0 Å². The predicted molar refractivity (Wildman–Crippen MR) is 233 cm³/mol. The number of aryl methyl sites for hydroxylation is 2. The van der Waals surface area contributed by atoms with E-state index in [9.17, 15) is 0 Å². The summed E-state index contributed by atoms with van der Waals surface area (Å²) in [5.74, 6) is 0.915. The third kappa shape index (κ3) is 18.3. The molecule has 0 spiro atoms. The van der Waals surface area contributed by atoms with Crippen molar-refractivity contribution in [1.29, 1.82) is 0 Å². The summed E-state index contributed by atoms with van der Waals surface area (Å²) in [4.78, 5) is 0. The van der Waals surface area contributed by atoms with E-state index in [2.05, 4.69) is 106 Å². The molecular formula is C48H85O3P. The van der Waals surface area contributed by atoms with E-state index in [4.69, 9.17) is 13.6 Å². The molecule has 0 aliphatic heterocycles. The van der Waals surface area contributed by atoms with Gasteiger partial charge in [-0.2, -0.15) is 0 Å². The Morgan fingerprint density at radius 3 is 1.17 bits per heavy atom. The normalized spacial score (nSPS) is 12.8. The summed E-state index contributed by atoms with van der Waals surface area (Å²) in [5, 5.41) is 1.15. The number of unbranched alkanes of at least 4 members (excludes halogenated alkanes) is 20. The second-order valence-corrected chi connectivity index (χ2v) is 20.4. The van der Waals surface area contributed by atoms with Crippen LogP contribution in [0.3, 0.4) is 0 Å². The van der Waals surface area contributed by atoms with Crippen molar-refractivity contribution in [3.63, 3.8) is 0 Å². The van der Waals surface area contributed by atoms with Crippen LogP contribution in [-0.2, 0) is 19.9 Å². The maximum atomic E-state index is 7.41. The van der Waals surface area contributed by atoms with Gasteiger partial charge in [0, 0.05) is 0 Å². The molecule has 2 rings (SSSR count). The fourth-order valence-electron chi connectivity index (χ4n) is 7.30. The van der Waals surface area contributed by atoms with Crippen LogP contribution in [0.4, 0.5) is 0 Å². The quantitative estimate of drug-likeness (QED) is 0.0614. The van der Waals surface area contributed by atoms with Gasteiger partial charge in [-0.15, -0.1) is 0 Å². The van der Waals surface area contributed by atoms with Crippen LogP contribution in [0.2, 0.25) is 0 Å². The first-order chi connectivity index (χ1) is 24.8. The Kier molecular flexibility index (Phi) is 23.0. The van der Waals surface area contributed by atoms with Crippen LogP contribution < -0.4 is 9.83 Å². The molecule has 4 heteroatoms. The fraction of sp³-hybridized carbons (Fsp3) is 0.750. The first kappa shape index (κ1) is 46.7. The van der Waals surface area contributed by atoms with Crippen LogP contribution >= 0.6 is 7.94 Å². The van der Waals surface area contributed by atoms with Crippen LogP contribution in [0.25, 0.3) is 0 Å². The Bertz CT molecular complexity index is 1180. The molecule has 0 aliphatic rings. The molecule has 0 N–H and O–H groups in total. The van der Waals surface area contributed by atoms with Crippen molar-refractivity contribution in [3.05, 3.63) is 58.7 Å². The molecule has 0 fully saturated rings. The monoisotopic (exact) mass is 741 g/mol. The summed E-state index contributed by atoms with van der Waals surface area (Å²) >= 11 is 0. The zero-order valence-corrected chi connectivity index (χ0v) is 37.2. The molecule has 0 saturated carbocycles. The Morgan fingerprint density at radius 2 is 0.788 bits per heavy atom. The van der Waals surface area contributed by atoms with Gasteiger partial charge in [0.2, 0.25) is 0 Å². The molecule has 0 unspecified atom stereocenters. The van der Waals surface area contributed by atoms with E-state index in [1.165, 1.54) is 151 Å². The van der Waals surface area contributed by atoms with Gasteiger partial charge >= 0.3 is 299 Å². The third-order valence-electron chi connectivity index (χ3n) is 10.6. The standard InChI is InChI=1S/C48H85O3P/c1-11-13-15-17-19-21-23-25-27-29-31-37-49-52(46-40-42(4)34-36-44(46)48(8,9)10,51-45-39-41(3)33-35-43(45)47(5,6)7)50-38-32-30-28-26-24-22-20-18-16-14-12-2/h33-36,39-40,52H,11-32,37-38H2,1-10H3. The van der Waals surface area contributed by atoms with Gasteiger partial charge in [-0.05, 0) is 0 Å². The Morgan fingerprint density at radius 1 is 0.442 bits per heavy atom. The molecular weight excluding hydrogens is 655 g/mol. The van der Waals surface area contributed by atoms with E-state index in [0.717, 1.165) is 23.9 Å². The molecule has 0 heterocycles. The van der Waals surface area contributed by atoms with Crippen molar-refractivity contribution < 1.29 is 13.6 Å². The van der Waals surface area contributed by atoms with Gasteiger partial charge in [0.05, 0.1) is 0 Å². The first-order valence-electron chi connectivity index (χ1n) is 22.0. The molecule has 0 saturated heterocycles. The van der Waals surface area contributed by atoms with Gasteiger partial charge in [0.25, 0.3) is 0 Å². The average Bonchev–Trinajstić information content (AvgIpc) is 3.08. The fourth-order valence-corrected chi connectivity index (χ4v) is 10.4. The molecule has 0 bridgehead atoms. The van der Waals surface area contributed by atoms with E-state index in [1.54, 1.807) is 0 Å². The van der Waals surface area contributed by atoms with Gasteiger partial charge in [0.15, 0.2) is 0 Å². The predicted octanol–water partition coefficient (Wildman–Crippen LogP) is 15.8. The zero-order chi connectivity index (χ0) is 38.3. The van der Waals surface area contributed by atoms with Crippen LogP contribution in [-0.4, -0.2) is 13.2 Å². The molecule has 0 aromatic heterocycles. The van der Waals surface area contributed by atoms with Gasteiger partial charge < -0.3 is 0 Å². The summed E-state index contributed by atoms with van der Waals surface area (Å²) in [7, 11) is -3.43. The average molecular weight is 741 g/mol. The van der Waals surface area contributed by atoms with Crippen LogP contribution in [0.1, 0.15) is 219 Å². The molecule has 0 radical (unpaired) electrons. The second kappa shape index (κ2) is 25.6. The second-order valence-electron chi connectivity index (χ2n) is 18.0. The number of hydrogen-bond acceptors (Lipinski definition) is 3. The topological polar surface area (TPSA) is 27.7 Å². The molecule has 2 aromatic carbocycles. The number of hydrogen-bond donors (Lipinski definition) is 0. The summed E-state index contributed by atoms with van der Waals surface area (Å²) in [6.07, 6.45) is 29.0. The SMILES string of the molecule is CCCCCCCCCCCCCO[PH](OCCCCCCCCCCCCC)(Oc1cc(C)ccc1C(C)(C)C)c1cc(C)ccc1C(C)(C)C. The van der Waals surface area contributed by atoms with Crippen molar-refractivity contribution >= 4 is 13.2 Å². The van der Waals surface area contributed by atoms with Crippen molar-refractivity contribution in [2.45, 2.75) is 221 Å². The van der Waals surface area contributed by atoms with Crippen LogP contribution in [0, 0.1) is 13.8 Å². The molecule has 3 nitrogen and oxygen atoms in total. The Labute approximate surface area is 324 Å². The van der Waals surface area contributed by atoms with E-state index >= 15 is 0 Å². The maximum absolute atomic E-state index is 7.41. The van der Waals surface area contributed by atoms with Gasteiger partial charge in [-0.25, -0.2) is 0 Å². The van der Waals surface area contributed by atoms with Crippen LogP contribution in [0.5, 0.6) is 5.75 Å². The number of rotatable bonds is 29. The molecule has 52 heavy (non-hydrogen) atoms. The van der Waals surface area contributed by atoms with Gasteiger partial charge in [-0.1, -0.05) is 26.7 Å². The van der Waals surface area contributed by atoms with Gasteiger partial charge in [0.1, 0.15) is 0 Å². The van der Waals surface area contributed by atoms with E-state index in [-0.39, 0.29) is 10.8 Å². The van der Waals surface area contributed by atoms with Crippen molar-refractivity contribution in [2.75, 3.05) is 13.2 Å². The summed E-state index contributed by atoms with van der Waals surface area (Å²) in [6.45, 7) is 24.0. The molecule has 0 amide bonds. The van der Waals surface area contributed by atoms with E-state index in [0.29, 0.717) is 13.2 Å². The van der Waals surface area contributed by atoms with Gasteiger partial charge in [-0.3, -0.25) is 0 Å². The van der Waals surface area contributed by atoms with Crippen LogP contribution in [0.15, 0.2) is 36.4 Å². The molecule has 300 valence electrons. The molecule has 0 atom stereocenters. The summed E-state index contributed by atoms with van der Waals surface area (Å²) in [5.41, 5.74) is 4.74. The number of benzene rings is 2. The minimum atomic E-state index is -3.43. The Hall–Kier alpha value is -1.41. The Balaban J connectivity index is 2.26. The summed E-state index contributed by atoms with van der Waals surface area (Å²) in [6, 6.07) is 13.5. The van der Waals surface area contributed by atoms with E-state index in [1.807, 2.05) is 0 Å². The minimum absolute atomic E-state index is 0.0748. The molecule has 2 aromatic rings.